The van der Waals surface area contributed by atoms with Crippen molar-refractivity contribution >= 4 is 40.0 Å². The number of aromatic nitrogens is 3. The molecule has 0 atom stereocenters. The summed E-state index contributed by atoms with van der Waals surface area (Å²) < 4.78 is 25.2. The number of anilines is 1. The molecule has 0 radical (unpaired) electrons. The zero-order valence-corrected chi connectivity index (χ0v) is 18.8. The van der Waals surface area contributed by atoms with Crippen molar-refractivity contribution in [3.63, 3.8) is 0 Å². The molecule has 2 aromatic heterocycles. The lowest BCUT2D eigenvalue weighted by Gasteiger charge is -2.09. The molecule has 0 aliphatic carbocycles. The van der Waals surface area contributed by atoms with Crippen molar-refractivity contribution in [2.45, 2.75) is 32.2 Å². The predicted octanol–water partition coefficient (Wildman–Crippen LogP) is 3.90. The molecule has 164 valence electrons. The lowest BCUT2D eigenvalue weighted by Crippen LogP contribution is -2.16. The van der Waals surface area contributed by atoms with E-state index >= 15 is 0 Å². The second-order valence-electron chi connectivity index (χ2n) is 6.31. The minimum absolute atomic E-state index is 0.0918. The van der Waals surface area contributed by atoms with Crippen LogP contribution in [0.5, 0.6) is 5.75 Å². The van der Waals surface area contributed by atoms with E-state index in [9.17, 15) is 14.0 Å². The van der Waals surface area contributed by atoms with Crippen LogP contribution in [-0.4, -0.2) is 39.5 Å². The molecule has 0 saturated heterocycles. The van der Waals surface area contributed by atoms with Gasteiger partial charge in [0, 0.05) is 11.4 Å². The van der Waals surface area contributed by atoms with Crippen LogP contribution >= 0.6 is 23.1 Å². The molecule has 0 saturated carbocycles. The number of ether oxygens (including phenoxy) is 2. The van der Waals surface area contributed by atoms with Crippen LogP contribution in [0.25, 0.3) is 0 Å². The Bertz CT molecular complexity index is 1070. The highest BCUT2D eigenvalue weighted by Crippen LogP contribution is 2.28. The molecule has 0 aliphatic rings. The topological polar surface area (TPSA) is 95.3 Å². The Kier molecular flexibility index (Phi) is 7.64. The number of aryl methyl sites for hydroxylation is 1. The van der Waals surface area contributed by atoms with E-state index in [0.29, 0.717) is 33.8 Å². The molecule has 0 aliphatic heterocycles. The summed E-state index contributed by atoms with van der Waals surface area (Å²) in [6.07, 6.45) is 0. The minimum Gasteiger partial charge on any atom is -0.486 e. The summed E-state index contributed by atoms with van der Waals surface area (Å²) in [6.45, 7) is 4.54. The number of methoxy groups -OCH3 is 1. The van der Waals surface area contributed by atoms with Crippen LogP contribution in [0, 0.1) is 12.7 Å². The second-order valence-corrected chi connectivity index (χ2v) is 8.51. The van der Waals surface area contributed by atoms with E-state index in [-0.39, 0.29) is 24.1 Å². The molecule has 31 heavy (non-hydrogen) atoms. The Labute approximate surface area is 186 Å². The first-order chi connectivity index (χ1) is 14.9. The smallest absolute Gasteiger partial charge is 0.340 e. The summed E-state index contributed by atoms with van der Waals surface area (Å²) in [4.78, 5) is 25.2. The van der Waals surface area contributed by atoms with Gasteiger partial charge in [-0.15, -0.1) is 21.5 Å². The first-order valence-corrected chi connectivity index (χ1v) is 11.1. The highest BCUT2D eigenvalue weighted by Gasteiger charge is 2.18. The number of halogens is 1. The molecule has 1 aromatic carbocycles. The largest absolute Gasteiger partial charge is 0.486 e. The van der Waals surface area contributed by atoms with Crippen molar-refractivity contribution in [1.29, 1.82) is 0 Å². The molecule has 11 heteroatoms. The minimum atomic E-state index is -0.496. The highest BCUT2D eigenvalue weighted by molar-refractivity contribution is 7.99. The molecule has 2 heterocycles. The van der Waals surface area contributed by atoms with E-state index in [0.717, 1.165) is 4.88 Å². The number of amides is 1. The maximum absolute atomic E-state index is 13.0. The number of carbonyl (C=O) groups excluding carboxylic acids is 2. The monoisotopic (exact) mass is 464 g/mol. The first-order valence-electron chi connectivity index (χ1n) is 9.33. The maximum atomic E-state index is 13.0. The molecule has 3 aromatic rings. The third kappa shape index (κ3) is 5.82. The highest BCUT2D eigenvalue weighted by atomic mass is 32.2. The van der Waals surface area contributed by atoms with Crippen molar-refractivity contribution in [1.82, 2.24) is 14.8 Å². The van der Waals surface area contributed by atoms with E-state index in [1.807, 2.05) is 18.4 Å². The number of benzene rings is 1. The van der Waals surface area contributed by atoms with Gasteiger partial charge in [0.1, 0.15) is 23.2 Å². The van der Waals surface area contributed by atoms with E-state index < -0.39 is 5.97 Å². The van der Waals surface area contributed by atoms with Crippen molar-refractivity contribution in [3.8, 4) is 5.75 Å². The van der Waals surface area contributed by atoms with Gasteiger partial charge in [0.2, 0.25) is 5.91 Å². The van der Waals surface area contributed by atoms with Gasteiger partial charge in [0.05, 0.1) is 18.4 Å². The normalized spacial score (nSPS) is 10.7. The fraction of sp³-hybridized carbons (Fsp3) is 0.300. The van der Waals surface area contributed by atoms with Gasteiger partial charge in [0.15, 0.2) is 11.0 Å². The lowest BCUT2D eigenvalue weighted by molar-refractivity contribution is -0.113. The van der Waals surface area contributed by atoms with Gasteiger partial charge in [0.25, 0.3) is 0 Å². The molecule has 0 spiro atoms. The van der Waals surface area contributed by atoms with E-state index in [4.69, 9.17) is 9.47 Å². The average Bonchev–Trinajstić information content (AvgIpc) is 3.33. The molecule has 0 fully saturated rings. The quantitative estimate of drug-likeness (QED) is 0.379. The summed E-state index contributed by atoms with van der Waals surface area (Å²) in [7, 11) is 1.30. The lowest BCUT2D eigenvalue weighted by atomic mass is 10.3. The number of nitrogens with one attached hydrogen (secondary N) is 1. The number of hydrogen-bond donors (Lipinski definition) is 1. The zero-order valence-electron chi connectivity index (χ0n) is 17.2. The van der Waals surface area contributed by atoms with Crippen molar-refractivity contribution in [3.05, 3.63) is 52.4 Å². The van der Waals surface area contributed by atoms with E-state index in [1.165, 1.54) is 54.5 Å². The van der Waals surface area contributed by atoms with Crippen LogP contribution in [0.15, 0.2) is 35.5 Å². The number of carbonyl (C=O) groups is 2. The van der Waals surface area contributed by atoms with Crippen LogP contribution in [0.3, 0.4) is 0 Å². The van der Waals surface area contributed by atoms with Gasteiger partial charge in [-0.25, -0.2) is 9.18 Å². The van der Waals surface area contributed by atoms with Crippen LogP contribution in [0.1, 0.15) is 28.0 Å². The number of rotatable bonds is 9. The summed E-state index contributed by atoms with van der Waals surface area (Å²) >= 11 is 2.54. The molecule has 0 unspecified atom stereocenters. The molecular weight excluding hydrogens is 443 g/mol. The summed E-state index contributed by atoms with van der Waals surface area (Å²) in [5.74, 6) is 0.104. The average molecular weight is 465 g/mol. The van der Waals surface area contributed by atoms with Gasteiger partial charge in [-0.2, -0.15) is 0 Å². The third-order valence-electron chi connectivity index (χ3n) is 4.14. The van der Waals surface area contributed by atoms with Gasteiger partial charge < -0.3 is 19.4 Å². The number of nitrogens with zero attached hydrogens (tertiary/aromatic N) is 3. The third-order valence-corrected chi connectivity index (χ3v) is 6.07. The Morgan fingerprint density at radius 1 is 1.26 bits per heavy atom. The molecule has 1 N–H and O–H groups in total. The summed E-state index contributed by atoms with van der Waals surface area (Å²) in [6, 6.07) is 7.40. The summed E-state index contributed by atoms with van der Waals surface area (Å²) in [5.41, 5.74) is 0.334. The van der Waals surface area contributed by atoms with Crippen molar-refractivity contribution in [2.24, 2.45) is 0 Å². The molecule has 1 amide bonds. The molecular formula is C20H21FN4O4S2. The Morgan fingerprint density at radius 2 is 2.00 bits per heavy atom. The fourth-order valence-corrected chi connectivity index (χ4v) is 4.43. The Balaban J connectivity index is 1.60. The molecule has 8 nitrogen and oxygen atoms in total. The molecule has 0 bridgehead atoms. The zero-order chi connectivity index (χ0) is 22.4. The standard InChI is InChI=1S/C20H21FN4O4S2/c1-4-25-16(10-29-14-7-5-13(21)6-8-14)23-24-20(25)30-11-17(26)22-18-15(19(27)28-3)9-12(2)31-18/h5-9H,4,10-11H2,1-3H3,(H,22,26). The fourth-order valence-electron chi connectivity index (χ4n) is 2.69. The second kappa shape index (κ2) is 10.4. The SMILES string of the molecule is CCn1c(COc2ccc(F)cc2)nnc1SCC(=O)Nc1sc(C)cc1C(=O)OC. The Hall–Kier alpha value is -2.92. The molecule has 3 rings (SSSR count). The van der Waals surface area contributed by atoms with Crippen molar-refractivity contribution in [2.75, 3.05) is 18.2 Å². The number of thiophene rings is 1. The van der Waals surface area contributed by atoms with Gasteiger partial charge >= 0.3 is 5.97 Å². The van der Waals surface area contributed by atoms with Crippen LogP contribution < -0.4 is 10.1 Å². The Morgan fingerprint density at radius 3 is 2.68 bits per heavy atom. The van der Waals surface area contributed by atoms with Gasteiger partial charge in [-0.1, -0.05) is 11.8 Å². The van der Waals surface area contributed by atoms with Crippen LogP contribution in [0.2, 0.25) is 0 Å². The predicted molar refractivity (Wildman–Crippen MR) is 116 cm³/mol. The van der Waals surface area contributed by atoms with Crippen LogP contribution in [0.4, 0.5) is 9.39 Å². The van der Waals surface area contributed by atoms with Gasteiger partial charge in [-0.05, 0) is 44.2 Å². The van der Waals surface area contributed by atoms with E-state index in [1.54, 1.807) is 6.07 Å². The van der Waals surface area contributed by atoms with Crippen LogP contribution in [-0.2, 0) is 22.7 Å². The maximum Gasteiger partial charge on any atom is 0.340 e. The number of esters is 1. The number of thioether (sulfide) groups is 1. The summed E-state index contributed by atoms with van der Waals surface area (Å²) in [5, 5.41) is 12.1. The van der Waals surface area contributed by atoms with Crippen molar-refractivity contribution < 1.29 is 23.5 Å². The first kappa shape index (κ1) is 22.8. The van der Waals surface area contributed by atoms with E-state index in [2.05, 4.69) is 15.5 Å². The number of hydrogen-bond acceptors (Lipinski definition) is 8. The van der Waals surface area contributed by atoms with Gasteiger partial charge in [-0.3, -0.25) is 4.79 Å².